The summed E-state index contributed by atoms with van der Waals surface area (Å²) in [5.74, 6) is 0.0459. The first-order valence-corrected chi connectivity index (χ1v) is 11.3. The highest BCUT2D eigenvalue weighted by Crippen LogP contribution is 2.54. The number of nitro benzene ring substituents is 1. The molecule has 0 bridgehead atoms. The second-order valence-corrected chi connectivity index (χ2v) is 10.5. The molecule has 32 heavy (non-hydrogen) atoms. The van der Waals surface area contributed by atoms with Gasteiger partial charge in [-0.2, -0.15) is 0 Å². The van der Waals surface area contributed by atoms with Gasteiger partial charge in [-0.3, -0.25) is 24.0 Å². The van der Waals surface area contributed by atoms with Crippen LogP contribution in [0, 0.1) is 10.1 Å². The van der Waals surface area contributed by atoms with Gasteiger partial charge in [0.05, 0.1) is 11.0 Å². The van der Waals surface area contributed by atoms with Crippen LogP contribution in [0.5, 0.6) is 11.5 Å². The van der Waals surface area contributed by atoms with Crippen LogP contribution in [0.3, 0.4) is 0 Å². The summed E-state index contributed by atoms with van der Waals surface area (Å²) in [7, 11) is 6.60. The molecule has 0 N–H and O–H groups in total. The van der Waals surface area contributed by atoms with E-state index in [4.69, 9.17) is 9.26 Å². The molecule has 0 aliphatic heterocycles. The minimum absolute atomic E-state index is 0.0121. The number of rotatable bonds is 9. The Hall–Kier alpha value is -2.78. The highest BCUT2D eigenvalue weighted by Gasteiger charge is 2.32. The summed E-state index contributed by atoms with van der Waals surface area (Å²) in [4.78, 5) is 24.6. The van der Waals surface area contributed by atoms with Crippen LogP contribution in [0.4, 0.5) is 5.69 Å². The standard InChI is InChI=1S/C21H29N4O6P/c1-15(31-32(29,23(4)5)24(6)7)16-11-12-19(25(27)28)20(14-16)30-18-10-8-9-17(13-18)21(26)22(2)3/h8-15H,1-7H3. The topological polar surface area (TPSA) is 105 Å². The van der Waals surface area contributed by atoms with Crippen molar-refractivity contribution in [3.63, 3.8) is 0 Å². The lowest BCUT2D eigenvalue weighted by atomic mass is 10.1. The first-order valence-electron chi connectivity index (χ1n) is 9.78. The van der Waals surface area contributed by atoms with E-state index in [1.807, 2.05) is 0 Å². The van der Waals surface area contributed by atoms with Crippen LogP contribution < -0.4 is 4.74 Å². The number of hydrogen-bond acceptors (Lipinski definition) is 6. The van der Waals surface area contributed by atoms with Gasteiger partial charge in [-0.25, -0.2) is 9.34 Å². The van der Waals surface area contributed by atoms with Crippen molar-refractivity contribution < 1.29 is 23.5 Å². The number of carbonyl (C=O) groups is 1. The van der Waals surface area contributed by atoms with Gasteiger partial charge in [-0.1, -0.05) is 6.07 Å². The quantitative estimate of drug-likeness (QED) is 0.306. The lowest BCUT2D eigenvalue weighted by Gasteiger charge is -2.32. The summed E-state index contributed by atoms with van der Waals surface area (Å²) in [5, 5.41) is 11.5. The zero-order chi connectivity index (χ0) is 24.2. The Morgan fingerprint density at radius 3 is 2.19 bits per heavy atom. The largest absolute Gasteiger partial charge is 0.450 e. The molecule has 0 radical (unpaired) electrons. The molecule has 0 saturated heterocycles. The summed E-state index contributed by atoms with van der Waals surface area (Å²) in [6, 6.07) is 10.7. The minimum Gasteiger partial charge on any atom is -0.450 e. The molecule has 0 heterocycles. The van der Waals surface area contributed by atoms with E-state index >= 15 is 0 Å². The highest BCUT2D eigenvalue weighted by molar-refractivity contribution is 7.53. The maximum atomic E-state index is 13.2. The van der Waals surface area contributed by atoms with E-state index in [2.05, 4.69) is 0 Å². The first kappa shape index (κ1) is 25.5. The number of nitrogens with zero attached hydrogens (tertiary/aromatic N) is 4. The summed E-state index contributed by atoms with van der Waals surface area (Å²) < 4.78 is 27.8. The van der Waals surface area contributed by atoms with E-state index in [1.165, 1.54) is 38.5 Å². The molecule has 1 unspecified atom stereocenters. The maximum absolute atomic E-state index is 13.2. The third-order valence-electron chi connectivity index (χ3n) is 4.67. The molecular weight excluding hydrogens is 435 g/mol. The second kappa shape index (κ2) is 10.2. The number of carbonyl (C=O) groups excluding carboxylic acids is 1. The van der Waals surface area contributed by atoms with Crippen LogP contribution in [0.25, 0.3) is 0 Å². The Labute approximate surface area is 188 Å². The normalized spacial score (nSPS) is 12.7. The Balaban J connectivity index is 2.41. The summed E-state index contributed by atoms with van der Waals surface area (Å²) in [6.45, 7) is 1.71. The average molecular weight is 464 g/mol. The van der Waals surface area contributed by atoms with E-state index < -0.39 is 18.7 Å². The molecule has 2 aromatic carbocycles. The molecular formula is C21H29N4O6P. The molecule has 11 heteroatoms. The van der Waals surface area contributed by atoms with Crippen molar-refractivity contribution in [3.8, 4) is 11.5 Å². The Morgan fingerprint density at radius 1 is 1.03 bits per heavy atom. The Kier molecular flexibility index (Phi) is 8.14. The SMILES string of the molecule is CC(OP(=O)(N(C)C)N(C)C)c1ccc([N+](=O)[O-])c(Oc2cccc(C(=O)N(C)C)c2)c1. The average Bonchev–Trinajstić information content (AvgIpc) is 2.72. The Bertz CT molecular complexity index is 1030. The van der Waals surface area contributed by atoms with Crippen LogP contribution >= 0.6 is 7.67 Å². The molecule has 174 valence electrons. The van der Waals surface area contributed by atoms with Gasteiger partial charge in [0.2, 0.25) is 5.75 Å². The summed E-state index contributed by atoms with van der Waals surface area (Å²) in [5.41, 5.74) is 0.699. The number of amides is 1. The van der Waals surface area contributed by atoms with Crippen LogP contribution in [-0.2, 0) is 9.09 Å². The minimum atomic E-state index is -3.27. The molecule has 0 aliphatic rings. The third-order valence-corrected chi connectivity index (χ3v) is 7.28. The lowest BCUT2D eigenvalue weighted by Crippen LogP contribution is -2.23. The zero-order valence-electron chi connectivity index (χ0n) is 19.3. The fraction of sp³-hybridized carbons (Fsp3) is 0.381. The second-order valence-electron chi connectivity index (χ2n) is 7.75. The van der Waals surface area contributed by atoms with Crippen molar-refractivity contribution in [3.05, 3.63) is 63.7 Å². The predicted molar refractivity (Wildman–Crippen MR) is 122 cm³/mol. The molecule has 0 aliphatic carbocycles. The highest BCUT2D eigenvalue weighted by atomic mass is 31.2. The smallest absolute Gasteiger partial charge is 0.345 e. The molecule has 0 saturated carbocycles. The van der Waals surface area contributed by atoms with Gasteiger partial charge in [0, 0.05) is 25.7 Å². The van der Waals surface area contributed by atoms with Crippen LogP contribution in [0.2, 0.25) is 0 Å². The van der Waals surface area contributed by atoms with Gasteiger partial charge >= 0.3 is 13.4 Å². The van der Waals surface area contributed by atoms with Crippen LogP contribution in [0.1, 0.15) is 28.9 Å². The van der Waals surface area contributed by atoms with Gasteiger partial charge in [0.1, 0.15) is 5.75 Å². The van der Waals surface area contributed by atoms with Gasteiger partial charge in [-0.15, -0.1) is 0 Å². The number of benzene rings is 2. The molecule has 1 amide bonds. The van der Waals surface area contributed by atoms with E-state index in [-0.39, 0.29) is 23.1 Å². The number of nitro groups is 1. The zero-order valence-corrected chi connectivity index (χ0v) is 20.2. The van der Waals surface area contributed by atoms with E-state index in [1.54, 1.807) is 67.4 Å². The van der Waals surface area contributed by atoms with Crippen molar-refractivity contribution in [1.82, 2.24) is 14.2 Å². The number of hydrogen-bond donors (Lipinski definition) is 0. The van der Waals surface area contributed by atoms with Crippen molar-refractivity contribution in [1.29, 1.82) is 0 Å². The van der Waals surface area contributed by atoms with E-state index in [9.17, 15) is 19.5 Å². The predicted octanol–water partition coefficient (Wildman–Crippen LogP) is 4.40. The van der Waals surface area contributed by atoms with Crippen molar-refractivity contribution in [2.45, 2.75) is 13.0 Å². The molecule has 2 aromatic rings. The fourth-order valence-corrected chi connectivity index (χ4v) is 4.53. The molecule has 2 rings (SSSR count). The number of ether oxygens (including phenoxy) is 1. The van der Waals surface area contributed by atoms with Crippen LogP contribution in [-0.4, -0.2) is 67.4 Å². The molecule has 1 atom stereocenters. The molecule has 0 fully saturated rings. The van der Waals surface area contributed by atoms with Gasteiger partial charge in [-0.05, 0) is 71.0 Å². The van der Waals surface area contributed by atoms with Gasteiger partial charge in [0.15, 0.2) is 0 Å². The molecule has 10 nitrogen and oxygen atoms in total. The fourth-order valence-electron chi connectivity index (χ4n) is 2.91. The van der Waals surface area contributed by atoms with E-state index in [0.29, 0.717) is 11.1 Å². The van der Waals surface area contributed by atoms with Crippen molar-refractivity contribution in [2.24, 2.45) is 0 Å². The van der Waals surface area contributed by atoms with Gasteiger partial charge in [0.25, 0.3) is 5.91 Å². The van der Waals surface area contributed by atoms with E-state index in [0.717, 1.165) is 0 Å². The summed E-state index contributed by atoms with van der Waals surface area (Å²) in [6.07, 6.45) is -0.643. The van der Waals surface area contributed by atoms with Crippen molar-refractivity contribution in [2.75, 3.05) is 42.3 Å². The third kappa shape index (κ3) is 5.72. The monoisotopic (exact) mass is 464 g/mol. The van der Waals surface area contributed by atoms with Gasteiger partial charge < -0.3 is 9.64 Å². The summed E-state index contributed by atoms with van der Waals surface area (Å²) >= 11 is 0. The lowest BCUT2D eigenvalue weighted by molar-refractivity contribution is -0.385. The first-order chi connectivity index (χ1) is 14.9. The maximum Gasteiger partial charge on any atom is 0.345 e. The van der Waals surface area contributed by atoms with Crippen LogP contribution in [0.15, 0.2) is 42.5 Å². The Morgan fingerprint density at radius 2 is 1.66 bits per heavy atom. The molecule has 0 spiro atoms. The van der Waals surface area contributed by atoms with Crippen molar-refractivity contribution >= 4 is 19.3 Å². The molecule has 0 aromatic heterocycles.